The van der Waals surface area contributed by atoms with Gasteiger partial charge >= 0.3 is 12.4 Å². The number of halogens is 7. The third-order valence-corrected chi connectivity index (χ3v) is 1.50. The first-order valence-corrected chi connectivity index (χ1v) is 2.95. The molecule has 0 aliphatic rings. The molecule has 0 saturated heterocycles. The van der Waals surface area contributed by atoms with Crippen molar-refractivity contribution in [1.29, 1.82) is 0 Å². The van der Waals surface area contributed by atoms with Crippen LogP contribution in [0.2, 0.25) is 0 Å². The molecule has 0 fully saturated rings. The van der Waals surface area contributed by atoms with Crippen LogP contribution in [0, 0.1) is 0 Å². The van der Waals surface area contributed by atoms with Crippen LogP contribution in [0.3, 0.4) is 0 Å². The van der Waals surface area contributed by atoms with E-state index in [1.165, 1.54) is 0 Å². The summed E-state index contributed by atoms with van der Waals surface area (Å²) >= 11 is 4.43. The van der Waals surface area contributed by atoms with E-state index in [9.17, 15) is 26.3 Å². The summed E-state index contributed by atoms with van der Waals surface area (Å²) in [7, 11) is 0. The van der Waals surface area contributed by atoms with Gasteiger partial charge in [0.2, 0.25) is 0 Å². The Labute approximate surface area is 68.8 Å². The van der Waals surface area contributed by atoms with Gasteiger partial charge in [0.25, 0.3) is 0 Å². The van der Waals surface area contributed by atoms with Gasteiger partial charge in [-0.15, -0.1) is 0 Å². The quantitative estimate of drug-likeness (QED) is 0.538. The van der Waals surface area contributed by atoms with Crippen molar-refractivity contribution in [3.05, 3.63) is 10.6 Å². The zero-order valence-corrected chi connectivity index (χ0v) is 6.40. The molecule has 0 bridgehead atoms. The van der Waals surface area contributed by atoms with Crippen LogP contribution in [-0.4, -0.2) is 12.4 Å². The molecule has 0 aromatic heterocycles. The fourth-order valence-electron chi connectivity index (χ4n) is 0.337. The normalized spacial score (nSPS) is 16.0. The fraction of sp³-hybridized carbons (Fsp3) is 0.600. The maximum Gasteiger partial charge on any atom is 0.427 e. The minimum Gasteiger partial charge on any atom is -0.166 e. The average Bonchev–Trinajstić information content (AvgIpc) is 1.80. The summed E-state index contributed by atoms with van der Waals surface area (Å²) in [5.41, 5.74) is -1.84. The Balaban J connectivity index is 4.96. The largest absolute Gasteiger partial charge is 0.427 e. The van der Waals surface area contributed by atoms with Crippen molar-refractivity contribution in [3.63, 3.8) is 0 Å². The Kier molecular flexibility index (Phi) is 3.06. The molecule has 7 heteroatoms. The fourth-order valence-corrected chi connectivity index (χ4v) is 0.444. The molecule has 0 aliphatic heterocycles. The molecule has 0 nitrogen and oxygen atoms in total. The molecule has 0 unspecified atom stereocenters. The lowest BCUT2D eigenvalue weighted by molar-refractivity contribution is -0.110. The molecule has 0 spiro atoms. The van der Waals surface area contributed by atoms with Crippen LogP contribution in [0.5, 0.6) is 0 Å². The summed E-state index contributed by atoms with van der Waals surface area (Å²) in [6.45, 7) is 0.274. The summed E-state index contributed by atoms with van der Waals surface area (Å²) in [4.78, 5) is 0. The van der Waals surface area contributed by atoms with Crippen LogP contribution in [-0.2, 0) is 0 Å². The Morgan fingerprint density at radius 3 is 1.33 bits per heavy atom. The number of alkyl halides is 6. The highest BCUT2D eigenvalue weighted by Crippen LogP contribution is 2.37. The van der Waals surface area contributed by atoms with E-state index >= 15 is 0 Å². The first-order valence-electron chi connectivity index (χ1n) is 2.57. The highest BCUT2D eigenvalue weighted by molar-refractivity contribution is 6.30. The SMILES string of the molecule is CC(=C(Cl)C(F)(F)F)C(F)(F)F. The van der Waals surface area contributed by atoms with Gasteiger partial charge in [-0.3, -0.25) is 0 Å². The third kappa shape index (κ3) is 2.92. The van der Waals surface area contributed by atoms with Gasteiger partial charge in [0.15, 0.2) is 0 Å². The molecule has 0 N–H and O–H groups in total. The summed E-state index contributed by atoms with van der Waals surface area (Å²) < 4.78 is 69.4. The molecule has 0 aromatic carbocycles. The molecular weight excluding hydrogens is 209 g/mol. The summed E-state index contributed by atoms with van der Waals surface area (Å²) in [6, 6.07) is 0. The van der Waals surface area contributed by atoms with Gasteiger partial charge in [-0.25, -0.2) is 0 Å². The van der Waals surface area contributed by atoms with Crippen molar-refractivity contribution in [1.82, 2.24) is 0 Å². The molecule has 0 saturated carbocycles. The lowest BCUT2D eigenvalue weighted by atomic mass is 10.2. The molecular formula is C5H3ClF6. The van der Waals surface area contributed by atoms with Gasteiger partial charge in [-0.05, 0) is 6.92 Å². The molecule has 0 atom stereocenters. The molecule has 0 aromatic rings. The highest BCUT2D eigenvalue weighted by Gasteiger charge is 2.42. The smallest absolute Gasteiger partial charge is 0.166 e. The van der Waals surface area contributed by atoms with Crippen molar-refractivity contribution in [3.8, 4) is 0 Å². The predicted molar refractivity (Wildman–Crippen MR) is 30.7 cm³/mol. The standard InChI is InChI=1S/C5H3ClF6/c1-2(4(7,8)9)3(6)5(10,11)12/h1H3. The van der Waals surface area contributed by atoms with E-state index in [1.807, 2.05) is 0 Å². The molecule has 12 heavy (non-hydrogen) atoms. The second-order valence-corrected chi connectivity index (χ2v) is 2.31. The van der Waals surface area contributed by atoms with E-state index < -0.39 is 23.0 Å². The van der Waals surface area contributed by atoms with E-state index in [2.05, 4.69) is 11.6 Å². The van der Waals surface area contributed by atoms with E-state index in [1.54, 1.807) is 0 Å². The number of allylic oxidation sites excluding steroid dienone is 2. The molecule has 72 valence electrons. The molecule has 0 amide bonds. The monoisotopic (exact) mass is 212 g/mol. The van der Waals surface area contributed by atoms with Crippen molar-refractivity contribution in [2.45, 2.75) is 19.3 Å². The summed E-state index contributed by atoms with van der Waals surface area (Å²) in [5, 5.41) is -2.13. The zero-order chi connectivity index (χ0) is 10.2. The van der Waals surface area contributed by atoms with Crippen LogP contribution in [0.1, 0.15) is 6.92 Å². The third-order valence-electron chi connectivity index (χ3n) is 1.00. The van der Waals surface area contributed by atoms with E-state index in [4.69, 9.17) is 0 Å². The number of hydrogen-bond acceptors (Lipinski definition) is 0. The van der Waals surface area contributed by atoms with Crippen molar-refractivity contribution < 1.29 is 26.3 Å². The Bertz CT molecular complexity index is 175. The first kappa shape index (κ1) is 11.6. The van der Waals surface area contributed by atoms with Gasteiger partial charge in [0.05, 0.1) is 5.57 Å². The van der Waals surface area contributed by atoms with Gasteiger partial charge in [0, 0.05) is 0 Å². The minimum atomic E-state index is -5.14. The maximum absolute atomic E-state index is 11.6. The Hall–Kier alpha value is -0.390. The zero-order valence-electron chi connectivity index (χ0n) is 5.65. The van der Waals surface area contributed by atoms with Crippen molar-refractivity contribution in [2.75, 3.05) is 0 Å². The first-order chi connectivity index (χ1) is 5.07. The van der Waals surface area contributed by atoms with Crippen LogP contribution in [0.4, 0.5) is 26.3 Å². The van der Waals surface area contributed by atoms with E-state index in [0.717, 1.165) is 0 Å². The molecule has 0 heterocycles. The van der Waals surface area contributed by atoms with Gasteiger partial charge in [0.1, 0.15) is 5.03 Å². The molecule has 0 aliphatic carbocycles. The number of rotatable bonds is 0. The number of hydrogen-bond donors (Lipinski definition) is 0. The Morgan fingerprint density at radius 1 is 0.917 bits per heavy atom. The molecule has 0 rings (SSSR count). The summed E-state index contributed by atoms with van der Waals surface area (Å²) in [6.07, 6.45) is -10.2. The highest BCUT2D eigenvalue weighted by atomic mass is 35.5. The second kappa shape index (κ2) is 3.16. The van der Waals surface area contributed by atoms with Gasteiger partial charge in [-0.2, -0.15) is 26.3 Å². The topological polar surface area (TPSA) is 0 Å². The van der Waals surface area contributed by atoms with E-state index in [-0.39, 0.29) is 6.92 Å². The lowest BCUT2D eigenvalue weighted by Crippen LogP contribution is -2.17. The molecule has 0 radical (unpaired) electrons. The van der Waals surface area contributed by atoms with Gasteiger partial charge in [-0.1, -0.05) is 11.6 Å². The van der Waals surface area contributed by atoms with Gasteiger partial charge < -0.3 is 0 Å². The van der Waals surface area contributed by atoms with Crippen LogP contribution in [0.15, 0.2) is 10.6 Å². The van der Waals surface area contributed by atoms with E-state index in [0.29, 0.717) is 0 Å². The van der Waals surface area contributed by atoms with Crippen molar-refractivity contribution in [2.24, 2.45) is 0 Å². The van der Waals surface area contributed by atoms with Crippen LogP contribution < -0.4 is 0 Å². The maximum atomic E-state index is 11.6. The average molecular weight is 213 g/mol. The lowest BCUT2D eigenvalue weighted by Gasteiger charge is -2.11. The summed E-state index contributed by atoms with van der Waals surface area (Å²) in [5.74, 6) is 0. The second-order valence-electron chi connectivity index (χ2n) is 1.93. The van der Waals surface area contributed by atoms with Crippen LogP contribution >= 0.6 is 11.6 Å². The Morgan fingerprint density at radius 2 is 1.25 bits per heavy atom. The van der Waals surface area contributed by atoms with Crippen molar-refractivity contribution >= 4 is 11.6 Å². The predicted octanol–water partition coefficient (Wildman–Crippen LogP) is 3.62. The minimum absolute atomic E-state index is 0.274. The van der Waals surface area contributed by atoms with Crippen LogP contribution in [0.25, 0.3) is 0 Å².